The molecule has 0 spiro atoms. The number of sulfonamides is 1. The van der Waals surface area contributed by atoms with Gasteiger partial charge in [-0.25, -0.2) is 8.42 Å². The molecule has 0 aliphatic rings. The smallest absolute Gasteiger partial charge is 0.232 e. The molecule has 4 aromatic rings. The minimum Gasteiger partial charge on any atom is -0.455 e. The van der Waals surface area contributed by atoms with E-state index in [4.69, 9.17) is 4.42 Å². The van der Waals surface area contributed by atoms with Gasteiger partial charge in [0, 0.05) is 49.5 Å². The van der Waals surface area contributed by atoms with Gasteiger partial charge in [0.25, 0.3) is 0 Å². The molecule has 0 atom stereocenters. The fourth-order valence-electron chi connectivity index (χ4n) is 4.19. The van der Waals surface area contributed by atoms with Crippen molar-refractivity contribution in [2.45, 2.75) is 33.7 Å². The summed E-state index contributed by atoms with van der Waals surface area (Å²) in [6.45, 7) is 5.64. The standard InChI is InChI=1S/C29H30N2O5S/c1-6-26(33)28-24-15-23(21-13-9-20(10-14-21)17-30-19(3)32)25(31(4)37(5,34)35)16-27(24)36-29(28)22-11-7-18(2)8-12-22/h7-16H,6,17H2,1-5H3,(H,30,32). The highest BCUT2D eigenvalue weighted by Crippen LogP contribution is 2.41. The number of hydrogen-bond donors (Lipinski definition) is 1. The third-order valence-corrected chi connectivity index (χ3v) is 7.55. The van der Waals surface area contributed by atoms with Crippen molar-refractivity contribution < 1.29 is 22.4 Å². The summed E-state index contributed by atoms with van der Waals surface area (Å²) in [5.41, 5.74) is 5.54. The molecule has 0 saturated heterocycles. The van der Waals surface area contributed by atoms with Crippen LogP contribution in [0, 0.1) is 6.92 Å². The minimum atomic E-state index is -3.59. The zero-order valence-electron chi connectivity index (χ0n) is 21.6. The molecule has 0 aliphatic carbocycles. The molecule has 4 rings (SSSR count). The highest BCUT2D eigenvalue weighted by molar-refractivity contribution is 7.92. The van der Waals surface area contributed by atoms with Gasteiger partial charge in [-0.05, 0) is 24.1 Å². The van der Waals surface area contributed by atoms with Crippen molar-refractivity contribution in [3.05, 3.63) is 77.4 Å². The Kier molecular flexibility index (Phi) is 7.23. The summed E-state index contributed by atoms with van der Waals surface area (Å²) < 4.78 is 32.5. The van der Waals surface area contributed by atoms with Gasteiger partial charge in [0.2, 0.25) is 15.9 Å². The van der Waals surface area contributed by atoms with Crippen molar-refractivity contribution in [3.8, 4) is 22.5 Å². The number of Topliss-reactive ketones (excluding diaryl/α,β-unsaturated/α-hetero) is 1. The highest BCUT2D eigenvalue weighted by Gasteiger charge is 2.25. The number of rotatable bonds is 8. The van der Waals surface area contributed by atoms with Crippen LogP contribution in [0.1, 0.15) is 41.8 Å². The van der Waals surface area contributed by atoms with Crippen LogP contribution in [0.4, 0.5) is 5.69 Å². The highest BCUT2D eigenvalue weighted by atomic mass is 32.2. The number of hydrogen-bond acceptors (Lipinski definition) is 5. The van der Waals surface area contributed by atoms with Crippen molar-refractivity contribution in [2.75, 3.05) is 17.6 Å². The molecule has 0 saturated carbocycles. The molecule has 1 amide bonds. The number of aryl methyl sites for hydroxylation is 1. The number of furan rings is 1. The van der Waals surface area contributed by atoms with E-state index in [-0.39, 0.29) is 11.7 Å². The van der Waals surface area contributed by atoms with Gasteiger partial charge < -0.3 is 9.73 Å². The maximum atomic E-state index is 13.1. The van der Waals surface area contributed by atoms with Crippen LogP contribution in [0.5, 0.6) is 0 Å². The number of ketones is 1. The zero-order valence-corrected chi connectivity index (χ0v) is 22.4. The Hall–Kier alpha value is -3.91. The van der Waals surface area contributed by atoms with Gasteiger partial charge in [-0.2, -0.15) is 0 Å². The number of benzene rings is 3. The number of carbonyl (C=O) groups excluding carboxylic acids is 2. The summed E-state index contributed by atoms with van der Waals surface area (Å²) in [4.78, 5) is 24.4. The van der Waals surface area contributed by atoms with Crippen LogP contribution in [0.25, 0.3) is 33.4 Å². The molecule has 0 radical (unpaired) electrons. The molecule has 8 heteroatoms. The summed E-state index contributed by atoms with van der Waals surface area (Å²) in [6.07, 6.45) is 1.44. The average molecular weight is 519 g/mol. The van der Waals surface area contributed by atoms with E-state index in [1.54, 1.807) is 13.0 Å². The maximum absolute atomic E-state index is 13.1. The molecule has 3 aromatic carbocycles. The largest absolute Gasteiger partial charge is 0.455 e. The molecule has 192 valence electrons. The molecule has 0 fully saturated rings. The van der Waals surface area contributed by atoms with Crippen LogP contribution in [-0.2, 0) is 21.4 Å². The van der Waals surface area contributed by atoms with Crippen molar-refractivity contribution in [1.82, 2.24) is 5.32 Å². The number of anilines is 1. The first-order chi connectivity index (χ1) is 17.5. The van der Waals surface area contributed by atoms with Crippen molar-refractivity contribution >= 4 is 38.4 Å². The van der Waals surface area contributed by atoms with E-state index in [0.29, 0.717) is 46.5 Å². The number of amides is 1. The molecule has 1 aromatic heterocycles. The Bertz CT molecular complexity index is 1580. The topological polar surface area (TPSA) is 96.7 Å². The molecule has 0 unspecified atom stereocenters. The predicted octanol–water partition coefficient (Wildman–Crippen LogP) is 5.70. The molecular weight excluding hydrogens is 488 g/mol. The molecule has 1 N–H and O–H groups in total. The van der Waals surface area contributed by atoms with Gasteiger partial charge in [0.1, 0.15) is 11.3 Å². The van der Waals surface area contributed by atoms with Crippen LogP contribution < -0.4 is 9.62 Å². The van der Waals surface area contributed by atoms with Gasteiger partial charge >= 0.3 is 0 Å². The summed E-state index contributed by atoms with van der Waals surface area (Å²) >= 11 is 0. The predicted molar refractivity (Wildman–Crippen MR) is 147 cm³/mol. The van der Waals surface area contributed by atoms with Gasteiger partial charge in [-0.1, -0.05) is 61.0 Å². The van der Waals surface area contributed by atoms with Crippen molar-refractivity contribution in [1.29, 1.82) is 0 Å². The molecular formula is C29H30N2O5S. The van der Waals surface area contributed by atoms with Gasteiger partial charge in [-0.3, -0.25) is 13.9 Å². The lowest BCUT2D eigenvalue weighted by Crippen LogP contribution is -2.25. The van der Waals surface area contributed by atoms with E-state index >= 15 is 0 Å². The number of nitrogens with one attached hydrogen (secondary N) is 1. The quantitative estimate of drug-likeness (QED) is 0.302. The van der Waals surface area contributed by atoms with Crippen LogP contribution in [0.3, 0.4) is 0 Å². The average Bonchev–Trinajstić information content (AvgIpc) is 3.24. The van der Waals surface area contributed by atoms with Gasteiger partial charge in [0.05, 0.1) is 17.5 Å². The number of fused-ring (bicyclic) bond motifs is 1. The van der Waals surface area contributed by atoms with E-state index in [2.05, 4.69) is 5.32 Å². The second-order valence-corrected chi connectivity index (χ2v) is 11.2. The molecule has 7 nitrogen and oxygen atoms in total. The van der Waals surface area contributed by atoms with E-state index in [1.807, 2.05) is 61.5 Å². The molecule has 0 bridgehead atoms. The summed E-state index contributed by atoms with van der Waals surface area (Å²) in [5, 5.41) is 3.40. The van der Waals surface area contributed by atoms with Crippen LogP contribution in [-0.4, -0.2) is 33.4 Å². The first-order valence-electron chi connectivity index (χ1n) is 12.0. The number of carbonyl (C=O) groups is 2. The number of nitrogens with zero attached hydrogens (tertiary/aromatic N) is 1. The molecule has 0 aliphatic heterocycles. The second kappa shape index (κ2) is 10.2. The zero-order chi connectivity index (χ0) is 26.9. The summed E-state index contributed by atoms with van der Waals surface area (Å²) in [6, 6.07) is 18.8. The third-order valence-electron chi connectivity index (χ3n) is 6.36. The molecule has 1 heterocycles. The van der Waals surface area contributed by atoms with Gasteiger partial charge in [0.15, 0.2) is 5.78 Å². The van der Waals surface area contributed by atoms with E-state index in [9.17, 15) is 18.0 Å². The Morgan fingerprint density at radius 2 is 1.59 bits per heavy atom. The normalized spacial score (nSPS) is 11.5. The van der Waals surface area contributed by atoms with E-state index in [0.717, 1.165) is 28.5 Å². The van der Waals surface area contributed by atoms with E-state index in [1.165, 1.54) is 18.3 Å². The van der Waals surface area contributed by atoms with Crippen molar-refractivity contribution in [2.24, 2.45) is 0 Å². The Morgan fingerprint density at radius 3 is 2.16 bits per heavy atom. The first kappa shape index (κ1) is 26.2. The lowest BCUT2D eigenvalue weighted by molar-refractivity contribution is -0.119. The lowest BCUT2D eigenvalue weighted by atomic mass is 9.96. The van der Waals surface area contributed by atoms with E-state index < -0.39 is 10.0 Å². The summed E-state index contributed by atoms with van der Waals surface area (Å²) in [7, 11) is -2.09. The Morgan fingerprint density at radius 1 is 0.973 bits per heavy atom. The summed E-state index contributed by atoms with van der Waals surface area (Å²) in [5.74, 6) is 0.289. The van der Waals surface area contributed by atoms with Gasteiger partial charge in [-0.15, -0.1) is 0 Å². The Labute approximate surface area is 217 Å². The van der Waals surface area contributed by atoms with Crippen LogP contribution >= 0.6 is 0 Å². The Balaban J connectivity index is 1.96. The van der Waals surface area contributed by atoms with Crippen LogP contribution in [0.15, 0.2) is 65.1 Å². The van der Waals surface area contributed by atoms with Crippen LogP contribution in [0.2, 0.25) is 0 Å². The lowest BCUT2D eigenvalue weighted by Gasteiger charge is -2.21. The molecule has 37 heavy (non-hydrogen) atoms. The van der Waals surface area contributed by atoms with Crippen molar-refractivity contribution in [3.63, 3.8) is 0 Å². The first-order valence-corrected chi connectivity index (χ1v) is 13.8. The fraction of sp³-hybridized carbons (Fsp3) is 0.241. The third kappa shape index (κ3) is 5.44. The fourth-order valence-corrected chi connectivity index (χ4v) is 4.70. The minimum absolute atomic E-state index is 0.0600. The monoisotopic (exact) mass is 518 g/mol. The second-order valence-electron chi connectivity index (χ2n) is 9.15. The maximum Gasteiger partial charge on any atom is 0.232 e. The SMILES string of the molecule is CCC(=O)c1c(-c2ccc(C)cc2)oc2cc(N(C)S(C)(=O)=O)c(-c3ccc(CNC(C)=O)cc3)cc12.